The Hall–Kier alpha value is -1.25. The van der Waals surface area contributed by atoms with Crippen LogP contribution in [0.1, 0.15) is 17.2 Å². The maximum atomic E-state index is 5.96. The van der Waals surface area contributed by atoms with Crippen LogP contribution in [0.25, 0.3) is 0 Å². The van der Waals surface area contributed by atoms with E-state index in [1.54, 1.807) is 12.5 Å². The van der Waals surface area contributed by atoms with Gasteiger partial charge in [-0.15, -0.1) is 0 Å². The van der Waals surface area contributed by atoms with Crippen molar-refractivity contribution in [2.75, 3.05) is 7.05 Å². The number of benzene rings is 1. The molecule has 0 spiro atoms. The average molecular weight is 236 g/mol. The topological polar surface area (TPSA) is 25.2 Å². The number of nitrogens with one attached hydrogen (secondary N) is 1. The van der Waals surface area contributed by atoms with Crippen molar-refractivity contribution in [2.45, 2.75) is 12.5 Å². The van der Waals surface area contributed by atoms with Gasteiger partial charge in [-0.1, -0.05) is 23.7 Å². The zero-order chi connectivity index (χ0) is 11.4. The Kier molecular flexibility index (Phi) is 3.65. The summed E-state index contributed by atoms with van der Waals surface area (Å²) in [6.07, 6.45) is 4.36. The molecule has 0 bridgehead atoms. The third-order valence-electron chi connectivity index (χ3n) is 2.62. The highest BCUT2D eigenvalue weighted by Crippen LogP contribution is 2.20. The molecule has 0 radical (unpaired) electrons. The third-order valence-corrected chi connectivity index (χ3v) is 2.86. The number of furan rings is 1. The molecule has 0 saturated heterocycles. The molecule has 2 nitrogen and oxygen atoms in total. The molecule has 1 heterocycles. The van der Waals surface area contributed by atoms with Crippen molar-refractivity contribution in [1.82, 2.24) is 5.32 Å². The highest BCUT2D eigenvalue weighted by molar-refractivity contribution is 6.30. The highest BCUT2D eigenvalue weighted by atomic mass is 35.5. The second-order valence-electron chi connectivity index (χ2n) is 3.73. The smallest absolute Gasteiger partial charge is 0.0950 e. The minimum atomic E-state index is 0.261. The van der Waals surface area contributed by atoms with Crippen LogP contribution < -0.4 is 5.32 Å². The molecule has 0 aliphatic rings. The van der Waals surface area contributed by atoms with Gasteiger partial charge in [0.1, 0.15) is 0 Å². The lowest BCUT2D eigenvalue weighted by atomic mass is 10.0. The lowest BCUT2D eigenvalue weighted by Crippen LogP contribution is -2.18. The predicted octanol–water partition coefficient (Wildman–Crippen LogP) is 3.44. The van der Waals surface area contributed by atoms with Crippen LogP contribution in [0.4, 0.5) is 0 Å². The molecule has 1 unspecified atom stereocenters. The molecule has 2 rings (SSSR count). The first-order valence-corrected chi connectivity index (χ1v) is 5.61. The van der Waals surface area contributed by atoms with Gasteiger partial charge in [0.05, 0.1) is 12.5 Å². The number of hydrogen-bond donors (Lipinski definition) is 1. The van der Waals surface area contributed by atoms with Gasteiger partial charge >= 0.3 is 0 Å². The molecule has 1 N–H and O–H groups in total. The fourth-order valence-corrected chi connectivity index (χ4v) is 1.97. The Labute approximate surface area is 100 Å². The van der Waals surface area contributed by atoms with Gasteiger partial charge in [-0.05, 0) is 37.2 Å². The summed E-state index contributed by atoms with van der Waals surface area (Å²) in [6, 6.07) is 10.2. The lowest BCUT2D eigenvalue weighted by Gasteiger charge is -2.14. The minimum Gasteiger partial charge on any atom is -0.472 e. The second kappa shape index (κ2) is 5.19. The molecule has 0 fully saturated rings. The summed E-state index contributed by atoms with van der Waals surface area (Å²) in [5.41, 5.74) is 2.37. The summed E-state index contributed by atoms with van der Waals surface area (Å²) in [4.78, 5) is 0. The Morgan fingerprint density at radius 2 is 2.25 bits per heavy atom. The van der Waals surface area contributed by atoms with Gasteiger partial charge in [0, 0.05) is 16.6 Å². The molecule has 0 saturated carbocycles. The maximum Gasteiger partial charge on any atom is 0.0950 e. The second-order valence-corrected chi connectivity index (χ2v) is 4.17. The summed E-state index contributed by atoms with van der Waals surface area (Å²) in [6.45, 7) is 0. The maximum absolute atomic E-state index is 5.96. The number of likely N-dealkylation sites (N-methyl/N-ethyl adjacent to an activating group) is 1. The van der Waals surface area contributed by atoms with Crippen molar-refractivity contribution >= 4 is 11.6 Å². The van der Waals surface area contributed by atoms with Gasteiger partial charge in [0.15, 0.2) is 0 Å². The first-order chi connectivity index (χ1) is 7.79. The molecule has 0 aliphatic heterocycles. The van der Waals surface area contributed by atoms with E-state index in [0.717, 1.165) is 17.0 Å². The van der Waals surface area contributed by atoms with E-state index in [4.69, 9.17) is 16.0 Å². The molecule has 0 amide bonds. The van der Waals surface area contributed by atoms with Gasteiger partial charge in [-0.2, -0.15) is 0 Å². The first-order valence-electron chi connectivity index (χ1n) is 5.23. The first kappa shape index (κ1) is 11.2. The van der Waals surface area contributed by atoms with E-state index < -0.39 is 0 Å². The van der Waals surface area contributed by atoms with Gasteiger partial charge < -0.3 is 9.73 Å². The van der Waals surface area contributed by atoms with Crippen molar-refractivity contribution in [2.24, 2.45) is 0 Å². The van der Waals surface area contributed by atoms with Crippen LogP contribution in [0, 0.1) is 0 Å². The van der Waals surface area contributed by atoms with Crippen LogP contribution >= 0.6 is 11.6 Å². The lowest BCUT2D eigenvalue weighted by molar-refractivity contribution is 0.542. The molecular weight excluding hydrogens is 222 g/mol. The molecule has 0 aliphatic carbocycles. The average Bonchev–Trinajstić information content (AvgIpc) is 2.79. The van der Waals surface area contributed by atoms with Crippen molar-refractivity contribution in [3.8, 4) is 0 Å². The van der Waals surface area contributed by atoms with E-state index in [1.807, 2.05) is 31.3 Å². The number of hydrogen-bond acceptors (Lipinski definition) is 2. The fraction of sp³-hybridized carbons (Fsp3) is 0.231. The standard InChI is InChI=1S/C13H14ClNO/c1-15-13(11-5-6-16-9-11)8-10-3-2-4-12(14)7-10/h2-7,9,13,15H,8H2,1H3. The van der Waals surface area contributed by atoms with E-state index in [0.29, 0.717) is 0 Å². The van der Waals surface area contributed by atoms with Gasteiger partial charge in [-0.25, -0.2) is 0 Å². The largest absolute Gasteiger partial charge is 0.472 e. The Morgan fingerprint density at radius 3 is 2.88 bits per heavy atom. The van der Waals surface area contributed by atoms with Crippen molar-refractivity contribution in [3.63, 3.8) is 0 Å². The predicted molar refractivity (Wildman–Crippen MR) is 65.7 cm³/mol. The van der Waals surface area contributed by atoms with Crippen molar-refractivity contribution in [3.05, 3.63) is 59.0 Å². The zero-order valence-corrected chi connectivity index (χ0v) is 9.87. The normalized spacial score (nSPS) is 12.6. The number of halogens is 1. The molecule has 16 heavy (non-hydrogen) atoms. The quantitative estimate of drug-likeness (QED) is 0.878. The van der Waals surface area contributed by atoms with Gasteiger partial charge in [0.25, 0.3) is 0 Å². The van der Waals surface area contributed by atoms with Crippen molar-refractivity contribution < 1.29 is 4.42 Å². The summed E-state index contributed by atoms with van der Waals surface area (Å²) in [5.74, 6) is 0. The zero-order valence-electron chi connectivity index (χ0n) is 9.11. The van der Waals surface area contributed by atoms with Crippen LogP contribution in [0.15, 0.2) is 47.3 Å². The van der Waals surface area contributed by atoms with Crippen LogP contribution in [0.2, 0.25) is 5.02 Å². The van der Waals surface area contributed by atoms with Crippen LogP contribution in [0.5, 0.6) is 0 Å². The molecule has 1 aromatic heterocycles. The minimum absolute atomic E-state index is 0.261. The van der Waals surface area contributed by atoms with Gasteiger partial charge in [-0.3, -0.25) is 0 Å². The summed E-state index contributed by atoms with van der Waals surface area (Å²) >= 11 is 5.96. The van der Waals surface area contributed by atoms with Gasteiger partial charge in [0.2, 0.25) is 0 Å². The molecule has 1 aromatic carbocycles. The third kappa shape index (κ3) is 2.65. The molecule has 1 atom stereocenters. The Bertz CT molecular complexity index is 439. The Balaban J connectivity index is 2.13. The van der Waals surface area contributed by atoms with Crippen LogP contribution in [-0.2, 0) is 6.42 Å². The van der Waals surface area contributed by atoms with Crippen LogP contribution in [0.3, 0.4) is 0 Å². The van der Waals surface area contributed by atoms with E-state index >= 15 is 0 Å². The Morgan fingerprint density at radius 1 is 1.38 bits per heavy atom. The molecule has 2 aromatic rings. The van der Waals surface area contributed by atoms with Crippen LogP contribution in [-0.4, -0.2) is 7.05 Å². The van der Waals surface area contributed by atoms with Crippen molar-refractivity contribution in [1.29, 1.82) is 0 Å². The fourth-order valence-electron chi connectivity index (χ4n) is 1.76. The summed E-state index contributed by atoms with van der Waals surface area (Å²) in [7, 11) is 1.95. The van der Waals surface area contributed by atoms with E-state index in [1.165, 1.54) is 5.56 Å². The van der Waals surface area contributed by atoms with E-state index in [-0.39, 0.29) is 6.04 Å². The molecular formula is C13H14ClNO. The summed E-state index contributed by atoms with van der Waals surface area (Å²) < 4.78 is 5.09. The van der Waals surface area contributed by atoms with E-state index in [9.17, 15) is 0 Å². The SMILES string of the molecule is CNC(Cc1cccc(Cl)c1)c1ccoc1. The molecule has 3 heteroatoms. The number of rotatable bonds is 4. The molecule has 84 valence electrons. The monoisotopic (exact) mass is 235 g/mol. The summed E-state index contributed by atoms with van der Waals surface area (Å²) in [5, 5.41) is 4.05. The van der Waals surface area contributed by atoms with E-state index in [2.05, 4.69) is 11.4 Å². The highest BCUT2D eigenvalue weighted by Gasteiger charge is 2.11.